The van der Waals surface area contributed by atoms with Gasteiger partial charge in [0.05, 0.1) is 16.7 Å². The Hall–Kier alpha value is -2.72. The number of nitrogens with zero attached hydrogens (tertiary/aromatic N) is 3. The Morgan fingerprint density at radius 2 is 1.86 bits per heavy atom. The van der Waals surface area contributed by atoms with E-state index in [1.807, 2.05) is 0 Å². The minimum absolute atomic E-state index is 0.0451. The lowest BCUT2D eigenvalue weighted by atomic mass is 9.83. The van der Waals surface area contributed by atoms with E-state index < -0.39 is 24.6 Å². The van der Waals surface area contributed by atoms with Crippen LogP contribution < -0.4 is 10.1 Å². The van der Waals surface area contributed by atoms with Crippen LogP contribution in [0.4, 0.5) is 22.0 Å². The zero-order chi connectivity index (χ0) is 26.8. The lowest BCUT2D eigenvalue weighted by molar-refractivity contribution is -0.211. The van der Waals surface area contributed by atoms with Crippen molar-refractivity contribution in [3.63, 3.8) is 0 Å². The number of carbonyl (C=O) groups excluding carboxylic acids is 1. The average molecular weight is 517 g/mol. The summed E-state index contributed by atoms with van der Waals surface area (Å²) < 4.78 is 72.4. The highest BCUT2D eigenvalue weighted by Gasteiger charge is 2.47. The van der Waals surface area contributed by atoms with Gasteiger partial charge in [-0.15, -0.1) is 0 Å². The van der Waals surface area contributed by atoms with E-state index in [1.54, 1.807) is 14.0 Å². The van der Waals surface area contributed by atoms with Gasteiger partial charge in [-0.25, -0.2) is 0 Å². The van der Waals surface area contributed by atoms with Crippen LogP contribution in [0, 0.1) is 24.2 Å². The topological polar surface area (TPSA) is 69.0 Å². The van der Waals surface area contributed by atoms with Crippen molar-refractivity contribution < 1.29 is 31.5 Å². The van der Waals surface area contributed by atoms with Crippen LogP contribution >= 0.6 is 0 Å². The standard InChI is InChI=1S/C25H33F5N4O2/c1-14-6-8-16(9-7-14)12-32-22(35)20-15(2)21(34(5)33-20)18-13-31-17(10-19(18)36-23(26)27)11-24(3,4)25(28,29)30/h10,13-14,16,23H,6-9,11-12H2,1-5H3,(H,32,35). The van der Waals surface area contributed by atoms with Gasteiger partial charge in [-0.05, 0) is 31.6 Å². The van der Waals surface area contributed by atoms with Crippen LogP contribution in [0.2, 0.25) is 0 Å². The summed E-state index contributed by atoms with van der Waals surface area (Å²) in [7, 11) is 1.55. The van der Waals surface area contributed by atoms with Gasteiger partial charge in [0.1, 0.15) is 5.75 Å². The Morgan fingerprint density at radius 3 is 2.44 bits per heavy atom. The van der Waals surface area contributed by atoms with E-state index in [0.29, 0.717) is 29.6 Å². The van der Waals surface area contributed by atoms with Crippen LogP contribution in [-0.2, 0) is 13.5 Å². The summed E-state index contributed by atoms with van der Waals surface area (Å²) in [6.07, 6.45) is 0.514. The molecule has 0 aromatic carbocycles. The van der Waals surface area contributed by atoms with Crippen molar-refractivity contribution in [3.8, 4) is 17.0 Å². The molecule has 0 aliphatic heterocycles. The SMILES string of the molecule is Cc1c(C(=O)NCC2CCC(C)CC2)nn(C)c1-c1cnc(CC(C)(C)C(F)(F)F)cc1OC(F)F. The summed E-state index contributed by atoms with van der Waals surface area (Å²) in [5.41, 5.74) is -1.17. The number of rotatable bonds is 8. The van der Waals surface area contributed by atoms with Crippen molar-refractivity contribution in [2.24, 2.45) is 24.3 Å². The highest BCUT2D eigenvalue weighted by atomic mass is 19.4. The molecule has 2 heterocycles. The quantitative estimate of drug-likeness (QED) is 0.432. The molecule has 3 rings (SSSR count). The van der Waals surface area contributed by atoms with Gasteiger partial charge in [-0.3, -0.25) is 14.5 Å². The maximum Gasteiger partial charge on any atom is 0.394 e. The minimum atomic E-state index is -4.51. The molecule has 1 aliphatic rings. The lowest BCUT2D eigenvalue weighted by Crippen LogP contribution is -2.34. The molecule has 1 saturated carbocycles. The van der Waals surface area contributed by atoms with Gasteiger partial charge in [0.15, 0.2) is 5.69 Å². The number of hydrogen-bond donors (Lipinski definition) is 1. The number of nitrogens with one attached hydrogen (secondary N) is 1. The largest absolute Gasteiger partial charge is 0.434 e. The third-order valence-electron chi connectivity index (χ3n) is 6.97. The van der Waals surface area contributed by atoms with Crippen molar-refractivity contribution in [1.29, 1.82) is 0 Å². The molecule has 36 heavy (non-hydrogen) atoms. The van der Waals surface area contributed by atoms with Crippen molar-refractivity contribution >= 4 is 5.91 Å². The van der Waals surface area contributed by atoms with E-state index in [0.717, 1.165) is 45.6 Å². The van der Waals surface area contributed by atoms with Crippen molar-refractivity contribution in [2.45, 2.75) is 72.6 Å². The number of pyridine rings is 1. The van der Waals surface area contributed by atoms with Crippen LogP contribution in [-0.4, -0.2) is 40.0 Å². The van der Waals surface area contributed by atoms with Crippen molar-refractivity contribution in [1.82, 2.24) is 20.1 Å². The molecule has 1 aliphatic carbocycles. The van der Waals surface area contributed by atoms with Crippen LogP contribution in [0.25, 0.3) is 11.3 Å². The van der Waals surface area contributed by atoms with Crippen LogP contribution in [0.1, 0.15) is 68.2 Å². The van der Waals surface area contributed by atoms with Gasteiger partial charge in [-0.2, -0.15) is 27.1 Å². The fourth-order valence-electron chi connectivity index (χ4n) is 4.57. The average Bonchev–Trinajstić information content (AvgIpc) is 3.06. The number of alkyl halides is 5. The normalized spacial score (nSPS) is 19.0. The fourth-order valence-corrected chi connectivity index (χ4v) is 4.57. The van der Waals surface area contributed by atoms with E-state index in [-0.39, 0.29) is 28.6 Å². The first-order chi connectivity index (χ1) is 16.7. The monoisotopic (exact) mass is 516 g/mol. The molecule has 2 aromatic heterocycles. The lowest BCUT2D eigenvalue weighted by Gasteiger charge is -2.27. The van der Waals surface area contributed by atoms with Gasteiger partial charge < -0.3 is 10.1 Å². The highest BCUT2D eigenvalue weighted by Crippen LogP contribution is 2.41. The summed E-state index contributed by atoms with van der Waals surface area (Å²) in [5.74, 6) is 0.391. The smallest absolute Gasteiger partial charge is 0.394 e. The predicted molar refractivity (Wildman–Crippen MR) is 125 cm³/mol. The third-order valence-corrected chi connectivity index (χ3v) is 6.97. The number of halogens is 5. The number of hydrogen-bond acceptors (Lipinski definition) is 4. The Labute approximate surface area is 207 Å². The zero-order valence-electron chi connectivity index (χ0n) is 21.2. The molecule has 0 spiro atoms. The summed E-state index contributed by atoms with van der Waals surface area (Å²) in [6.45, 7) is 3.21. The Bertz CT molecular complexity index is 1070. The first kappa shape index (κ1) is 27.9. The predicted octanol–water partition coefficient (Wildman–Crippen LogP) is 6.08. The van der Waals surface area contributed by atoms with Crippen molar-refractivity contribution in [3.05, 3.63) is 29.2 Å². The summed E-state index contributed by atoms with van der Waals surface area (Å²) in [5, 5.41) is 7.21. The number of aryl methyl sites for hydroxylation is 1. The van der Waals surface area contributed by atoms with E-state index in [9.17, 15) is 26.7 Å². The molecule has 0 atom stereocenters. The third kappa shape index (κ3) is 6.34. The molecule has 1 fully saturated rings. The molecule has 0 radical (unpaired) electrons. The van der Waals surface area contributed by atoms with Gasteiger partial charge >= 0.3 is 12.8 Å². The number of amides is 1. The van der Waals surface area contributed by atoms with E-state index >= 15 is 0 Å². The van der Waals surface area contributed by atoms with Crippen LogP contribution in [0.5, 0.6) is 5.75 Å². The summed E-state index contributed by atoms with van der Waals surface area (Å²) in [6, 6.07) is 1.09. The molecule has 6 nitrogen and oxygen atoms in total. The number of ether oxygens (including phenoxy) is 1. The van der Waals surface area contributed by atoms with Gasteiger partial charge in [0.2, 0.25) is 0 Å². The molecule has 1 N–H and O–H groups in total. The molecule has 1 amide bonds. The Kier molecular flexibility index (Phi) is 8.30. The van der Waals surface area contributed by atoms with E-state index in [2.05, 4.69) is 27.1 Å². The second-order valence-electron chi connectivity index (χ2n) is 10.4. The fraction of sp³-hybridized carbons (Fsp3) is 0.640. The van der Waals surface area contributed by atoms with Crippen molar-refractivity contribution in [2.75, 3.05) is 6.54 Å². The molecule has 200 valence electrons. The first-order valence-corrected chi connectivity index (χ1v) is 12.0. The molecule has 11 heteroatoms. The van der Waals surface area contributed by atoms with Crippen LogP contribution in [0.3, 0.4) is 0 Å². The minimum Gasteiger partial charge on any atom is -0.434 e. The molecular formula is C25H33F5N4O2. The molecular weight excluding hydrogens is 483 g/mol. The second kappa shape index (κ2) is 10.7. The summed E-state index contributed by atoms with van der Waals surface area (Å²) in [4.78, 5) is 17.0. The number of carbonyl (C=O) groups is 1. The highest BCUT2D eigenvalue weighted by molar-refractivity contribution is 5.95. The molecule has 2 aromatic rings. The maximum atomic E-state index is 13.3. The van der Waals surface area contributed by atoms with E-state index in [1.165, 1.54) is 10.9 Å². The zero-order valence-corrected chi connectivity index (χ0v) is 21.2. The first-order valence-electron chi connectivity index (χ1n) is 12.0. The molecule has 0 saturated heterocycles. The maximum absolute atomic E-state index is 13.3. The van der Waals surface area contributed by atoms with Gasteiger partial charge in [-0.1, -0.05) is 33.6 Å². The second-order valence-corrected chi connectivity index (χ2v) is 10.4. The molecule has 0 bridgehead atoms. The summed E-state index contributed by atoms with van der Waals surface area (Å²) >= 11 is 0. The number of aromatic nitrogens is 3. The van der Waals surface area contributed by atoms with E-state index in [4.69, 9.17) is 0 Å². The Balaban J connectivity index is 1.87. The molecule has 0 unspecified atom stereocenters. The Morgan fingerprint density at radius 1 is 1.22 bits per heavy atom. The van der Waals surface area contributed by atoms with Gasteiger partial charge in [0, 0.05) is 43.5 Å². The van der Waals surface area contributed by atoms with Crippen LogP contribution in [0.15, 0.2) is 12.3 Å². The van der Waals surface area contributed by atoms with Gasteiger partial charge in [0.25, 0.3) is 5.91 Å².